The number of carbonyl (C=O) groups is 1. The Balaban J connectivity index is 1.55. The van der Waals surface area contributed by atoms with E-state index < -0.39 is 0 Å². The first-order valence-electron chi connectivity index (χ1n) is 7.71. The predicted molar refractivity (Wildman–Crippen MR) is 87.7 cm³/mol. The van der Waals surface area contributed by atoms with Gasteiger partial charge in [0, 0.05) is 44.0 Å². The van der Waals surface area contributed by atoms with Crippen molar-refractivity contribution in [3.05, 3.63) is 33.8 Å². The molecule has 0 bridgehead atoms. The summed E-state index contributed by atoms with van der Waals surface area (Å²) >= 11 is 11.8. The van der Waals surface area contributed by atoms with Crippen LogP contribution in [0.5, 0.6) is 0 Å². The van der Waals surface area contributed by atoms with Gasteiger partial charge in [-0.25, -0.2) is 0 Å². The van der Waals surface area contributed by atoms with Gasteiger partial charge in [0.25, 0.3) is 5.91 Å². The summed E-state index contributed by atoms with van der Waals surface area (Å²) < 4.78 is 5.41. The van der Waals surface area contributed by atoms with E-state index in [1.54, 1.807) is 18.2 Å². The summed E-state index contributed by atoms with van der Waals surface area (Å²) in [6.07, 6.45) is 3.17. The van der Waals surface area contributed by atoms with Gasteiger partial charge in [-0.15, -0.1) is 0 Å². The van der Waals surface area contributed by atoms with Crippen molar-refractivity contribution < 1.29 is 9.53 Å². The van der Waals surface area contributed by atoms with E-state index in [9.17, 15) is 4.79 Å². The number of hydrogen-bond donors (Lipinski definition) is 1. The van der Waals surface area contributed by atoms with Crippen molar-refractivity contribution in [1.29, 1.82) is 0 Å². The second kappa shape index (κ2) is 7.18. The maximum atomic E-state index is 12.3. The van der Waals surface area contributed by atoms with Crippen molar-refractivity contribution in [2.45, 2.75) is 31.3 Å². The van der Waals surface area contributed by atoms with E-state index in [-0.39, 0.29) is 11.9 Å². The third-order valence-corrected chi connectivity index (χ3v) is 5.18. The molecular formula is C16H20Cl2N2O2. The minimum atomic E-state index is -0.0857. The van der Waals surface area contributed by atoms with Gasteiger partial charge in [-0.1, -0.05) is 23.2 Å². The zero-order valence-corrected chi connectivity index (χ0v) is 13.9. The van der Waals surface area contributed by atoms with Crippen LogP contribution in [0.15, 0.2) is 18.2 Å². The van der Waals surface area contributed by atoms with Crippen molar-refractivity contribution in [1.82, 2.24) is 10.2 Å². The molecule has 2 aliphatic heterocycles. The molecule has 1 N–H and O–H groups in total. The van der Waals surface area contributed by atoms with Crippen LogP contribution >= 0.6 is 23.2 Å². The zero-order chi connectivity index (χ0) is 15.5. The lowest BCUT2D eigenvalue weighted by Crippen LogP contribution is -2.41. The average Bonchev–Trinajstić information content (AvgIpc) is 2.99. The van der Waals surface area contributed by atoms with Gasteiger partial charge in [-0.05, 0) is 37.5 Å². The second-order valence-corrected chi connectivity index (χ2v) is 6.74. The van der Waals surface area contributed by atoms with E-state index in [4.69, 9.17) is 27.9 Å². The molecule has 1 aromatic carbocycles. The minimum absolute atomic E-state index is 0.0857. The quantitative estimate of drug-likeness (QED) is 0.917. The molecule has 0 spiro atoms. The maximum Gasteiger partial charge on any atom is 0.251 e. The molecule has 3 rings (SSSR count). The van der Waals surface area contributed by atoms with Crippen molar-refractivity contribution in [2.24, 2.45) is 0 Å². The molecule has 1 atom stereocenters. The maximum absolute atomic E-state index is 12.3. The van der Waals surface area contributed by atoms with Crippen LogP contribution in [-0.2, 0) is 4.74 Å². The van der Waals surface area contributed by atoms with Gasteiger partial charge < -0.3 is 10.1 Å². The Kier molecular flexibility index (Phi) is 5.24. The molecule has 2 saturated heterocycles. The highest BCUT2D eigenvalue weighted by Gasteiger charge is 2.30. The fourth-order valence-electron chi connectivity index (χ4n) is 3.19. The normalized spacial score (nSPS) is 23.6. The number of halogens is 2. The first-order valence-corrected chi connectivity index (χ1v) is 8.47. The summed E-state index contributed by atoms with van der Waals surface area (Å²) in [5.74, 6) is -0.0857. The molecule has 22 heavy (non-hydrogen) atoms. The third-order valence-electron chi connectivity index (χ3n) is 4.44. The number of carbonyl (C=O) groups excluding carboxylic acids is 1. The van der Waals surface area contributed by atoms with Crippen LogP contribution in [0.2, 0.25) is 10.0 Å². The third kappa shape index (κ3) is 3.74. The van der Waals surface area contributed by atoms with E-state index in [1.807, 2.05) is 0 Å². The van der Waals surface area contributed by atoms with Gasteiger partial charge in [0.2, 0.25) is 0 Å². The van der Waals surface area contributed by atoms with Gasteiger partial charge in [0.15, 0.2) is 0 Å². The molecule has 1 unspecified atom stereocenters. The van der Waals surface area contributed by atoms with Gasteiger partial charge in [0.05, 0.1) is 10.0 Å². The van der Waals surface area contributed by atoms with Gasteiger partial charge >= 0.3 is 0 Å². The minimum Gasteiger partial charge on any atom is -0.381 e. The Morgan fingerprint density at radius 2 is 1.95 bits per heavy atom. The second-order valence-electron chi connectivity index (χ2n) is 5.93. The first-order chi connectivity index (χ1) is 10.6. The summed E-state index contributed by atoms with van der Waals surface area (Å²) in [6, 6.07) is 5.77. The monoisotopic (exact) mass is 342 g/mol. The molecule has 0 aromatic heterocycles. The standard InChI is InChI=1S/C16H20Cl2N2O2/c17-14-2-1-11(9-15(14)18)16(21)19-12-3-6-20(10-12)13-4-7-22-8-5-13/h1-2,9,12-13H,3-8,10H2,(H,19,21). The highest BCUT2D eigenvalue weighted by molar-refractivity contribution is 6.42. The summed E-state index contributed by atoms with van der Waals surface area (Å²) in [5.41, 5.74) is 0.555. The fourth-order valence-corrected chi connectivity index (χ4v) is 3.49. The van der Waals surface area contributed by atoms with Crippen molar-refractivity contribution in [3.63, 3.8) is 0 Å². The number of nitrogens with one attached hydrogen (secondary N) is 1. The Bertz CT molecular complexity index is 547. The van der Waals surface area contributed by atoms with E-state index in [0.29, 0.717) is 21.7 Å². The molecule has 2 heterocycles. The lowest BCUT2D eigenvalue weighted by Gasteiger charge is -2.31. The van der Waals surface area contributed by atoms with Gasteiger partial charge in [-0.3, -0.25) is 9.69 Å². The Labute approximate surface area is 140 Å². The number of ether oxygens (including phenoxy) is 1. The number of nitrogens with zero attached hydrogens (tertiary/aromatic N) is 1. The smallest absolute Gasteiger partial charge is 0.251 e. The summed E-state index contributed by atoms with van der Waals surface area (Å²) in [6.45, 7) is 3.65. The molecule has 1 amide bonds. The number of rotatable bonds is 3. The number of likely N-dealkylation sites (tertiary alicyclic amines) is 1. The van der Waals surface area contributed by atoms with Crippen LogP contribution in [0.4, 0.5) is 0 Å². The Morgan fingerprint density at radius 3 is 2.68 bits per heavy atom. The van der Waals surface area contributed by atoms with Crippen LogP contribution in [0, 0.1) is 0 Å². The molecule has 4 nitrogen and oxygen atoms in total. The van der Waals surface area contributed by atoms with Crippen LogP contribution < -0.4 is 5.32 Å². The van der Waals surface area contributed by atoms with E-state index in [0.717, 1.165) is 45.6 Å². The number of benzene rings is 1. The van der Waals surface area contributed by atoms with E-state index in [1.165, 1.54) is 0 Å². The molecule has 0 saturated carbocycles. The summed E-state index contributed by atoms with van der Waals surface area (Å²) in [7, 11) is 0. The lowest BCUT2D eigenvalue weighted by molar-refractivity contribution is 0.0415. The molecule has 120 valence electrons. The van der Waals surface area contributed by atoms with Crippen LogP contribution in [0.25, 0.3) is 0 Å². The average molecular weight is 343 g/mol. The van der Waals surface area contributed by atoms with E-state index in [2.05, 4.69) is 10.2 Å². The van der Waals surface area contributed by atoms with Crippen LogP contribution in [0.3, 0.4) is 0 Å². The van der Waals surface area contributed by atoms with Gasteiger partial charge in [-0.2, -0.15) is 0 Å². The number of amides is 1. The van der Waals surface area contributed by atoms with Gasteiger partial charge in [0.1, 0.15) is 0 Å². The zero-order valence-electron chi connectivity index (χ0n) is 12.4. The fraction of sp³-hybridized carbons (Fsp3) is 0.562. The molecule has 6 heteroatoms. The summed E-state index contributed by atoms with van der Waals surface area (Å²) in [4.78, 5) is 14.8. The number of hydrogen-bond acceptors (Lipinski definition) is 3. The molecule has 2 fully saturated rings. The van der Waals surface area contributed by atoms with Crippen molar-refractivity contribution in [2.75, 3.05) is 26.3 Å². The first kappa shape index (κ1) is 16.1. The topological polar surface area (TPSA) is 41.6 Å². The Hall–Kier alpha value is -0.810. The van der Waals surface area contributed by atoms with Crippen molar-refractivity contribution >= 4 is 29.1 Å². The SMILES string of the molecule is O=C(NC1CCN(C2CCOCC2)C1)c1ccc(Cl)c(Cl)c1. The van der Waals surface area contributed by atoms with Crippen molar-refractivity contribution in [3.8, 4) is 0 Å². The molecule has 2 aliphatic rings. The molecule has 0 radical (unpaired) electrons. The predicted octanol–water partition coefficient (Wildman–Crippen LogP) is 2.98. The molecular weight excluding hydrogens is 323 g/mol. The highest BCUT2D eigenvalue weighted by Crippen LogP contribution is 2.23. The van der Waals surface area contributed by atoms with Crippen LogP contribution in [0.1, 0.15) is 29.6 Å². The Morgan fingerprint density at radius 1 is 1.18 bits per heavy atom. The van der Waals surface area contributed by atoms with E-state index >= 15 is 0 Å². The summed E-state index contributed by atoms with van der Waals surface area (Å²) in [5, 5.41) is 3.97. The molecule has 1 aromatic rings. The van der Waals surface area contributed by atoms with Crippen LogP contribution in [-0.4, -0.2) is 49.2 Å². The largest absolute Gasteiger partial charge is 0.381 e. The highest BCUT2D eigenvalue weighted by atomic mass is 35.5. The molecule has 0 aliphatic carbocycles. The lowest BCUT2D eigenvalue weighted by atomic mass is 10.1.